The summed E-state index contributed by atoms with van der Waals surface area (Å²) >= 11 is 0. The highest BCUT2D eigenvalue weighted by Gasteiger charge is 2.25. The van der Waals surface area contributed by atoms with Crippen LogP contribution < -0.4 is 0 Å². The third kappa shape index (κ3) is 3.75. The molecular weight excluding hydrogens is 250 g/mol. The Morgan fingerprint density at radius 1 is 1.47 bits per heavy atom. The summed E-state index contributed by atoms with van der Waals surface area (Å²) in [5.74, 6) is -1.32. The van der Waals surface area contributed by atoms with E-state index in [1.165, 1.54) is 18.2 Å². The third-order valence-electron chi connectivity index (χ3n) is 3.01. The highest BCUT2D eigenvalue weighted by atomic mass is 16.6. The molecule has 0 unspecified atom stereocenters. The molecule has 6 heteroatoms. The average Bonchev–Trinajstić information content (AvgIpc) is 2.35. The number of carbonyl (C=O) groups is 1. The van der Waals surface area contributed by atoms with E-state index in [9.17, 15) is 14.9 Å². The molecule has 104 valence electrons. The third-order valence-corrected chi connectivity index (χ3v) is 3.01. The molecule has 0 fully saturated rings. The van der Waals surface area contributed by atoms with Crippen LogP contribution in [0.5, 0.6) is 0 Å². The van der Waals surface area contributed by atoms with Crippen molar-refractivity contribution in [3.05, 3.63) is 39.4 Å². The van der Waals surface area contributed by atoms with E-state index in [0.717, 1.165) is 6.42 Å². The molecule has 1 aromatic carbocycles. The summed E-state index contributed by atoms with van der Waals surface area (Å²) in [7, 11) is 0. The maximum atomic E-state index is 11.2. The molecule has 1 aromatic rings. The van der Waals surface area contributed by atoms with Crippen LogP contribution in [0.3, 0.4) is 0 Å². The molecule has 6 nitrogen and oxygen atoms in total. The van der Waals surface area contributed by atoms with Gasteiger partial charge in [0.25, 0.3) is 5.69 Å². The van der Waals surface area contributed by atoms with Crippen molar-refractivity contribution in [1.82, 2.24) is 0 Å². The molecule has 0 radical (unpaired) electrons. The van der Waals surface area contributed by atoms with Crippen molar-refractivity contribution < 1.29 is 19.6 Å². The number of hydrogen-bond donors (Lipinski definition) is 1. The van der Waals surface area contributed by atoms with Gasteiger partial charge in [0.1, 0.15) is 5.56 Å². The van der Waals surface area contributed by atoms with E-state index in [0.29, 0.717) is 5.56 Å². The van der Waals surface area contributed by atoms with E-state index in [1.54, 1.807) is 0 Å². The molecular formula is C13H17NO5. The summed E-state index contributed by atoms with van der Waals surface area (Å²) in [5.41, 5.74) is -0.814. The maximum absolute atomic E-state index is 11.2. The number of nitro groups is 1. The Kier molecular flexibility index (Phi) is 4.61. The van der Waals surface area contributed by atoms with Gasteiger partial charge in [0.2, 0.25) is 0 Å². The summed E-state index contributed by atoms with van der Waals surface area (Å²) in [6, 6.07) is 4.17. The second-order valence-electron chi connectivity index (χ2n) is 4.78. The fourth-order valence-corrected chi connectivity index (χ4v) is 1.48. The van der Waals surface area contributed by atoms with Crippen LogP contribution >= 0.6 is 0 Å². The van der Waals surface area contributed by atoms with E-state index in [-0.39, 0.29) is 12.2 Å². The van der Waals surface area contributed by atoms with Gasteiger partial charge in [0.15, 0.2) is 0 Å². The van der Waals surface area contributed by atoms with Gasteiger partial charge in [-0.1, -0.05) is 19.1 Å². The van der Waals surface area contributed by atoms with Gasteiger partial charge < -0.3 is 9.84 Å². The predicted molar refractivity (Wildman–Crippen MR) is 69.2 cm³/mol. The van der Waals surface area contributed by atoms with E-state index in [2.05, 4.69) is 0 Å². The number of carboxylic acid groups (broad SMARTS) is 1. The summed E-state index contributed by atoms with van der Waals surface area (Å²) in [6.45, 7) is 5.74. The molecule has 1 N–H and O–H groups in total. The van der Waals surface area contributed by atoms with Crippen molar-refractivity contribution in [2.24, 2.45) is 0 Å². The highest BCUT2D eigenvalue weighted by Crippen LogP contribution is 2.25. The van der Waals surface area contributed by atoms with E-state index in [4.69, 9.17) is 9.84 Å². The molecule has 0 aliphatic heterocycles. The number of aromatic carboxylic acids is 1. The van der Waals surface area contributed by atoms with Gasteiger partial charge in [-0.05, 0) is 25.8 Å². The Morgan fingerprint density at radius 3 is 2.58 bits per heavy atom. The number of rotatable bonds is 6. The smallest absolute Gasteiger partial charge is 0.343 e. The number of ether oxygens (including phenoxy) is 1. The lowest BCUT2D eigenvalue weighted by molar-refractivity contribution is -0.385. The zero-order valence-corrected chi connectivity index (χ0v) is 11.2. The molecule has 0 atom stereocenters. The summed E-state index contributed by atoms with van der Waals surface area (Å²) in [5, 5.41) is 20.0. The second kappa shape index (κ2) is 5.79. The first kappa shape index (κ1) is 15.1. The first-order chi connectivity index (χ1) is 8.78. The fourth-order valence-electron chi connectivity index (χ4n) is 1.48. The largest absolute Gasteiger partial charge is 0.477 e. The van der Waals surface area contributed by atoms with Crippen LogP contribution in [0.25, 0.3) is 0 Å². The van der Waals surface area contributed by atoms with Crippen LogP contribution in [0.4, 0.5) is 5.69 Å². The predicted octanol–water partition coefficient (Wildman–Crippen LogP) is 3.00. The van der Waals surface area contributed by atoms with Crippen LogP contribution in [-0.4, -0.2) is 21.6 Å². The van der Waals surface area contributed by atoms with Crippen LogP contribution in [0, 0.1) is 10.1 Å². The topological polar surface area (TPSA) is 89.7 Å². The lowest BCUT2D eigenvalue weighted by atomic mass is 10.0. The first-order valence-corrected chi connectivity index (χ1v) is 5.92. The Balaban J connectivity index is 3.11. The maximum Gasteiger partial charge on any atom is 0.343 e. The van der Waals surface area contributed by atoms with Crippen molar-refractivity contribution in [3.63, 3.8) is 0 Å². The zero-order valence-electron chi connectivity index (χ0n) is 11.2. The number of carboxylic acids is 1. The molecule has 0 bridgehead atoms. The molecule has 0 spiro atoms. The molecule has 0 aromatic heterocycles. The summed E-state index contributed by atoms with van der Waals surface area (Å²) < 4.78 is 5.60. The fraction of sp³-hybridized carbons (Fsp3) is 0.462. The Hall–Kier alpha value is -1.95. The molecule has 0 saturated heterocycles. The molecule has 0 amide bonds. The van der Waals surface area contributed by atoms with Gasteiger partial charge in [-0.3, -0.25) is 10.1 Å². The van der Waals surface area contributed by atoms with Crippen molar-refractivity contribution in [2.45, 2.75) is 39.4 Å². The minimum atomic E-state index is -1.32. The quantitative estimate of drug-likeness (QED) is 0.632. The normalized spacial score (nSPS) is 11.3. The minimum absolute atomic E-state index is 0.0319. The monoisotopic (exact) mass is 267 g/mol. The number of nitro benzene ring substituents is 1. The Labute approximate surface area is 111 Å². The van der Waals surface area contributed by atoms with Crippen molar-refractivity contribution in [2.75, 3.05) is 0 Å². The van der Waals surface area contributed by atoms with E-state index >= 15 is 0 Å². The van der Waals surface area contributed by atoms with Crippen LogP contribution in [0.15, 0.2) is 18.2 Å². The minimum Gasteiger partial charge on any atom is -0.477 e. The lowest BCUT2D eigenvalue weighted by Crippen LogP contribution is -2.23. The molecule has 0 aliphatic rings. The SMILES string of the molecule is CCC(C)(C)OCc1cccc([N+](=O)[O-])c1C(=O)O. The molecule has 19 heavy (non-hydrogen) atoms. The van der Waals surface area contributed by atoms with Gasteiger partial charge in [0, 0.05) is 6.07 Å². The molecule has 0 aliphatic carbocycles. The number of hydrogen-bond acceptors (Lipinski definition) is 4. The number of nitrogens with zero attached hydrogens (tertiary/aromatic N) is 1. The van der Waals surface area contributed by atoms with Gasteiger partial charge in [0.05, 0.1) is 17.1 Å². The standard InChI is InChI=1S/C13H17NO5/c1-4-13(2,3)19-8-9-6-5-7-10(14(17)18)11(9)12(15)16/h5-7H,4,8H2,1-3H3,(H,15,16). The van der Waals surface area contributed by atoms with E-state index in [1.807, 2.05) is 20.8 Å². The van der Waals surface area contributed by atoms with E-state index < -0.39 is 22.2 Å². The van der Waals surface area contributed by atoms with Gasteiger partial charge in [-0.2, -0.15) is 0 Å². The van der Waals surface area contributed by atoms with Crippen LogP contribution in [0.2, 0.25) is 0 Å². The molecule has 1 rings (SSSR count). The second-order valence-corrected chi connectivity index (χ2v) is 4.78. The Bertz CT molecular complexity index is 496. The first-order valence-electron chi connectivity index (χ1n) is 5.92. The average molecular weight is 267 g/mol. The summed E-state index contributed by atoms with van der Waals surface area (Å²) in [4.78, 5) is 21.3. The molecule has 0 heterocycles. The van der Waals surface area contributed by atoms with Crippen molar-refractivity contribution >= 4 is 11.7 Å². The molecule has 0 saturated carbocycles. The van der Waals surface area contributed by atoms with Crippen LogP contribution in [-0.2, 0) is 11.3 Å². The van der Waals surface area contributed by atoms with Crippen molar-refractivity contribution in [1.29, 1.82) is 0 Å². The van der Waals surface area contributed by atoms with Gasteiger partial charge in [-0.15, -0.1) is 0 Å². The van der Waals surface area contributed by atoms with Gasteiger partial charge in [-0.25, -0.2) is 4.79 Å². The zero-order chi connectivity index (χ0) is 14.6. The summed E-state index contributed by atoms with van der Waals surface area (Å²) in [6.07, 6.45) is 0.754. The Morgan fingerprint density at radius 2 is 2.11 bits per heavy atom. The lowest BCUT2D eigenvalue weighted by Gasteiger charge is -2.23. The highest BCUT2D eigenvalue weighted by molar-refractivity contribution is 5.94. The van der Waals surface area contributed by atoms with Gasteiger partial charge >= 0.3 is 5.97 Å². The van der Waals surface area contributed by atoms with Crippen molar-refractivity contribution in [3.8, 4) is 0 Å². The van der Waals surface area contributed by atoms with Crippen LogP contribution in [0.1, 0.15) is 43.1 Å². The number of benzene rings is 1.